The summed E-state index contributed by atoms with van der Waals surface area (Å²) in [5, 5.41) is 15.9. The van der Waals surface area contributed by atoms with E-state index < -0.39 is 4.92 Å². The molecule has 0 spiro atoms. The number of nitrogens with one attached hydrogen (secondary N) is 2. The van der Waals surface area contributed by atoms with Gasteiger partial charge >= 0.3 is 0 Å². The molecular weight excluding hydrogens is 352 g/mol. The maximum absolute atomic E-state index is 11.9. The molecule has 10 heteroatoms. The van der Waals surface area contributed by atoms with Gasteiger partial charge in [-0.25, -0.2) is 4.98 Å². The van der Waals surface area contributed by atoms with Gasteiger partial charge in [-0.2, -0.15) is 0 Å². The largest absolute Gasteiger partial charge is 0.325 e. The quantitative estimate of drug-likeness (QED) is 0.312. The predicted octanol–water partition coefficient (Wildman–Crippen LogP) is 2.62. The normalized spacial score (nSPS) is 10.7. The van der Waals surface area contributed by atoms with E-state index in [4.69, 9.17) is 0 Å². The van der Waals surface area contributed by atoms with Gasteiger partial charge in [-0.1, -0.05) is 11.8 Å². The van der Waals surface area contributed by atoms with Gasteiger partial charge in [-0.3, -0.25) is 19.7 Å². The maximum atomic E-state index is 11.9. The minimum atomic E-state index is -0.510. The maximum Gasteiger partial charge on any atom is 0.269 e. The summed E-state index contributed by atoms with van der Waals surface area (Å²) < 4.78 is 0. The molecule has 0 aliphatic rings. The zero-order valence-corrected chi connectivity index (χ0v) is 13.6. The molecule has 1 aromatic carbocycles. The molecule has 122 valence electrons. The average molecular weight is 362 g/mol. The van der Waals surface area contributed by atoms with E-state index in [2.05, 4.69) is 15.3 Å². The lowest BCUT2D eigenvalue weighted by Gasteiger charge is -2.04. The van der Waals surface area contributed by atoms with Gasteiger partial charge in [0.15, 0.2) is 5.16 Å². The van der Waals surface area contributed by atoms with E-state index in [1.54, 1.807) is 11.4 Å². The molecule has 3 rings (SSSR count). The van der Waals surface area contributed by atoms with Crippen molar-refractivity contribution in [2.45, 2.75) is 5.16 Å². The van der Waals surface area contributed by atoms with Crippen LogP contribution in [-0.4, -0.2) is 26.6 Å². The molecule has 1 amide bonds. The lowest BCUT2D eigenvalue weighted by Crippen LogP contribution is -2.15. The number of nitro groups is 1. The summed E-state index contributed by atoms with van der Waals surface area (Å²) in [7, 11) is 0. The van der Waals surface area contributed by atoms with Gasteiger partial charge in [0.2, 0.25) is 5.91 Å². The van der Waals surface area contributed by atoms with Crippen molar-refractivity contribution >= 4 is 50.6 Å². The molecule has 0 radical (unpaired) electrons. The first-order chi connectivity index (χ1) is 11.5. The number of hydrogen-bond donors (Lipinski definition) is 2. The van der Waals surface area contributed by atoms with Gasteiger partial charge in [0.25, 0.3) is 11.2 Å². The fourth-order valence-electron chi connectivity index (χ4n) is 1.91. The van der Waals surface area contributed by atoms with Gasteiger partial charge in [0.1, 0.15) is 4.83 Å². The second kappa shape index (κ2) is 6.81. The summed E-state index contributed by atoms with van der Waals surface area (Å²) in [4.78, 5) is 41.3. The Kier molecular flexibility index (Phi) is 4.58. The first-order valence-electron chi connectivity index (χ1n) is 6.67. The van der Waals surface area contributed by atoms with Crippen LogP contribution < -0.4 is 10.9 Å². The molecule has 0 saturated heterocycles. The summed E-state index contributed by atoms with van der Waals surface area (Å²) in [6, 6.07) is 7.23. The lowest BCUT2D eigenvalue weighted by atomic mass is 10.3. The SMILES string of the molecule is O=C(CSc1nc2sccc2c(=O)[nH]1)Nc1ccc([N+](=O)[O-])cc1. The van der Waals surface area contributed by atoms with Crippen molar-refractivity contribution < 1.29 is 9.72 Å². The second-order valence-corrected chi connectivity index (χ2v) is 6.51. The van der Waals surface area contributed by atoms with Gasteiger partial charge in [-0.15, -0.1) is 11.3 Å². The highest BCUT2D eigenvalue weighted by atomic mass is 32.2. The second-order valence-electron chi connectivity index (χ2n) is 4.65. The third kappa shape index (κ3) is 3.60. The van der Waals surface area contributed by atoms with E-state index in [1.165, 1.54) is 35.6 Å². The fraction of sp³-hybridized carbons (Fsp3) is 0.0714. The number of carbonyl (C=O) groups excluding carboxylic acids is 1. The first kappa shape index (κ1) is 16.1. The zero-order chi connectivity index (χ0) is 17.1. The first-order valence-corrected chi connectivity index (χ1v) is 8.54. The number of non-ortho nitro benzene ring substituents is 1. The van der Waals surface area contributed by atoms with Gasteiger partial charge in [0, 0.05) is 17.8 Å². The molecule has 2 aromatic heterocycles. The molecule has 0 fully saturated rings. The molecule has 24 heavy (non-hydrogen) atoms. The lowest BCUT2D eigenvalue weighted by molar-refractivity contribution is -0.384. The van der Waals surface area contributed by atoms with Crippen molar-refractivity contribution in [1.29, 1.82) is 0 Å². The Hall–Kier alpha value is -2.72. The number of thiophene rings is 1. The topological polar surface area (TPSA) is 118 Å². The van der Waals surface area contributed by atoms with Crippen LogP contribution in [-0.2, 0) is 4.79 Å². The Balaban J connectivity index is 1.62. The van der Waals surface area contributed by atoms with E-state index >= 15 is 0 Å². The molecule has 2 N–H and O–H groups in total. The van der Waals surface area contributed by atoms with Crippen LogP contribution in [0.5, 0.6) is 0 Å². The van der Waals surface area contributed by atoms with Crippen LogP contribution in [0.1, 0.15) is 0 Å². The van der Waals surface area contributed by atoms with Crippen molar-refractivity contribution in [2.75, 3.05) is 11.1 Å². The number of aromatic amines is 1. The Morgan fingerprint density at radius 2 is 2.08 bits per heavy atom. The van der Waals surface area contributed by atoms with Crippen molar-refractivity contribution in [3.63, 3.8) is 0 Å². The fourth-order valence-corrected chi connectivity index (χ4v) is 3.39. The zero-order valence-electron chi connectivity index (χ0n) is 12.0. The summed E-state index contributed by atoms with van der Waals surface area (Å²) >= 11 is 2.46. The van der Waals surface area contributed by atoms with E-state index in [0.717, 1.165) is 11.8 Å². The molecular formula is C14H10N4O4S2. The molecule has 0 saturated carbocycles. The molecule has 0 bridgehead atoms. The summed E-state index contributed by atoms with van der Waals surface area (Å²) in [6.07, 6.45) is 0. The van der Waals surface area contributed by atoms with Crippen LogP contribution in [0.2, 0.25) is 0 Å². The van der Waals surface area contributed by atoms with Gasteiger partial charge in [0.05, 0.1) is 16.1 Å². The molecule has 0 aliphatic heterocycles. The van der Waals surface area contributed by atoms with Crippen LogP contribution in [0.25, 0.3) is 10.2 Å². The number of hydrogen-bond acceptors (Lipinski definition) is 7. The minimum Gasteiger partial charge on any atom is -0.325 e. The molecule has 3 aromatic rings. The Morgan fingerprint density at radius 1 is 1.33 bits per heavy atom. The van der Waals surface area contributed by atoms with Crippen LogP contribution >= 0.6 is 23.1 Å². The monoisotopic (exact) mass is 362 g/mol. The van der Waals surface area contributed by atoms with Crippen LogP contribution in [0.4, 0.5) is 11.4 Å². The van der Waals surface area contributed by atoms with Crippen molar-refractivity contribution in [1.82, 2.24) is 9.97 Å². The van der Waals surface area contributed by atoms with Gasteiger partial charge in [-0.05, 0) is 23.6 Å². The highest BCUT2D eigenvalue weighted by Gasteiger charge is 2.09. The number of benzene rings is 1. The number of anilines is 1. The minimum absolute atomic E-state index is 0.0478. The molecule has 0 atom stereocenters. The third-order valence-corrected chi connectivity index (χ3v) is 4.69. The molecule has 0 aliphatic carbocycles. The van der Waals surface area contributed by atoms with Crippen LogP contribution in [0, 0.1) is 10.1 Å². The number of aromatic nitrogens is 2. The number of thioether (sulfide) groups is 1. The highest BCUT2D eigenvalue weighted by molar-refractivity contribution is 7.99. The van der Waals surface area contributed by atoms with E-state index in [9.17, 15) is 19.7 Å². The van der Waals surface area contributed by atoms with Gasteiger partial charge < -0.3 is 10.3 Å². The number of nitrogens with zero attached hydrogens (tertiary/aromatic N) is 2. The van der Waals surface area contributed by atoms with Crippen LogP contribution in [0.15, 0.2) is 45.7 Å². The molecule has 8 nitrogen and oxygen atoms in total. The average Bonchev–Trinajstić information content (AvgIpc) is 3.02. The Bertz CT molecular complexity index is 965. The predicted molar refractivity (Wildman–Crippen MR) is 92.7 cm³/mol. The number of fused-ring (bicyclic) bond motifs is 1. The van der Waals surface area contributed by atoms with Crippen molar-refractivity contribution in [3.8, 4) is 0 Å². The Morgan fingerprint density at radius 3 is 2.79 bits per heavy atom. The standard InChI is InChI=1S/C14H10N4O4S2/c19-11(15-8-1-3-9(4-2-8)18(21)22)7-24-14-16-12(20)10-5-6-23-13(10)17-14/h1-6H,7H2,(H,15,19)(H,16,17,20). The summed E-state index contributed by atoms with van der Waals surface area (Å²) in [6.45, 7) is 0. The van der Waals surface area contributed by atoms with Crippen molar-refractivity contribution in [2.24, 2.45) is 0 Å². The van der Waals surface area contributed by atoms with E-state index in [0.29, 0.717) is 21.1 Å². The Labute approximate surface area is 143 Å². The summed E-state index contributed by atoms with van der Waals surface area (Å²) in [5.74, 6) is -0.251. The molecule has 0 unspecified atom stereocenters. The molecule has 2 heterocycles. The number of H-pyrrole nitrogens is 1. The number of amides is 1. The summed E-state index contributed by atoms with van der Waals surface area (Å²) in [5.41, 5.74) is 0.175. The smallest absolute Gasteiger partial charge is 0.269 e. The van der Waals surface area contributed by atoms with E-state index in [-0.39, 0.29) is 22.9 Å². The highest BCUT2D eigenvalue weighted by Crippen LogP contribution is 2.19. The number of rotatable bonds is 5. The number of carbonyl (C=O) groups is 1. The number of nitro benzene ring substituents is 1. The third-order valence-electron chi connectivity index (χ3n) is 3.01. The van der Waals surface area contributed by atoms with Crippen molar-refractivity contribution in [3.05, 3.63) is 56.2 Å². The van der Waals surface area contributed by atoms with E-state index in [1.807, 2.05) is 0 Å². The van der Waals surface area contributed by atoms with Crippen LogP contribution in [0.3, 0.4) is 0 Å².